The molecular formula is C35H38N2O6. The van der Waals surface area contributed by atoms with E-state index in [0.29, 0.717) is 35.3 Å². The van der Waals surface area contributed by atoms with Crippen LogP contribution < -0.4 is 18.9 Å². The summed E-state index contributed by atoms with van der Waals surface area (Å²) in [5.41, 5.74) is 4.42. The fraction of sp³-hybridized carbons (Fsp3) is 0.543. The van der Waals surface area contributed by atoms with E-state index in [1.165, 1.54) is 22.3 Å². The first-order chi connectivity index (χ1) is 20.9. The Bertz CT molecular complexity index is 1650. The Morgan fingerprint density at radius 3 is 1.98 bits per heavy atom. The number of likely N-dealkylation sites (N-methyl/N-ethyl adjacent to an activating group) is 2. The number of benzene rings is 2. The molecular weight excluding hydrogens is 544 g/mol. The molecule has 10 atom stereocenters. The summed E-state index contributed by atoms with van der Waals surface area (Å²) in [6, 6.07) is 7.11. The molecule has 10 rings (SSSR count). The van der Waals surface area contributed by atoms with Gasteiger partial charge in [0.15, 0.2) is 23.0 Å². The maximum atomic E-state index is 11.2. The van der Waals surface area contributed by atoms with Crippen molar-refractivity contribution in [3.05, 3.63) is 64.8 Å². The number of aliphatic hydroxyl groups is 2. The zero-order valence-electron chi connectivity index (χ0n) is 24.8. The average Bonchev–Trinajstić information content (AvgIpc) is 3.54. The quantitative estimate of drug-likeness (QED) is 0.535. The van der Waals surface area contributed by atoms with Crippen molar-refractivity contribution >= 4 is 0 Å². The summed E-state index contributed by atoms with van der Waals surface area (Å²) in [4.78, 5) is 4.94. The zero-order valence-corrected chi connectivity index (χ0v) is 24.8. The molecule has 2 aromatic carbocycles. The zero-order chi connectivity index (χ0) is 29.0. The Morgan fingerprint density at radius 1 is 0.767 bits per heavy atom. The van der Waals surface area contributed by atoms with E-state index in [1.54, 1.807) is 7.11 Å². The Balaban J connectivity index is 1.12. The van der Waals surface area contributed by atoms with Gasteiger partial charge in [0, 0.05) is 45.9 Å². The molecule has 0 aromatic heterocycles. The van der Waals surface area contributed by atoms with Crippen molar-refractivity contribution in [1.82, 2.24) is 9.80 Å². The summed E-state index contributed by atoms with van der Waals surface area (Å²) in [6.45, 7) is 1.95. The van der Waals surface area contributed by atoms with Crippen molar-refractivity contribution in [2.45, 2.75) is 73.0 Å². The van der Waals surface area contributed by atoms with Crippen LogP contribution in [-0.2, 0) is 23.7 Å². The number of hydrogen-bond donors (Lipinski definition) is 2. The predicted molar refractivity (Wildman–Crippen MR) is 158 cm³/mol. The molecule has 2 N–H and O–H groups in total. The molecule has 8 heteroatoms. The maximum absolute atomic E-state index is 11.2. The molecule has 0 radical (unpaired) electrons. The highest BCUT2D eigenvalue weighted by Gasteiger charge is 2.66. The van der Waals surface area contributed by atoms with Crippen molar-refractivity contribution in [2.24, 2.45) is 11.8 Å². The monoisotopic (exact) mass is 582 g/mol. The third-order valence-corrected chi connectivity index (χ3v) is 12.8. The van der Waals surface area contributed by atoms with Crippen molar-refractivity contribution in [3.63, 3.8) is 0 Å². The fourth-order valence-corrected chi connectivity index (χ4v) is 11.0. The molecule has 0 unspecified atom stereocenters. The van der Waals surface area contributed by atoms with E-state index < -0.39 is 12.2 Å². The summed E-state index contributed by atoms with van der Waals surface area (Å²) in [5, 5.41) is 22.3. The first-order valence-electron chi connectivity index (χ1n) is 15.9. The van der Waals surface area contributed by atoms with E-state index in [0.717, 1.165) is 50.3 Å². The fourth-order valence-electron chi connectivity index (χ4n) is 11.0. The molecule has 4 aliphatic heterocycles. The molecule has 4 aliphatic carbocycles. The van der Waals surface area contributed by atoms with Crippen LogP contribution in [0.1, 0.15) is 35.1 Å². The van der Waals surface area contributed by atoms with Crippen LogP contribution in [0.5, 0.6) is 28.7 Å². The minimum absolute atomic E-state index is 0.250. The SMILES string of the molecule is COc1c(Oc2ccc3c4c2O[C@H]2[C@@H](O)C=C[C@H]5[C@@H](C3)N(C)CC[C@@]452)cc2c3c1O[C@H]1[C@@H](O)C=C[C@H]4[C@@H](C2)N(C)CC[C@@]341. The average molecular weight is 583 g/mol. The minimum Gasteiger partial charge on any atom is -0.490 e. The molecule has 8 nitrogen and oxygen atoms in total. The number of nitrogens with zero attached hydrogens (tertiary/aromatic N) is 2. The third kappa shape index (κ3) is 2.80. The molecule has 4 bridgehead atoms. The number of rotatable bonds is 3. The van der Waals surface area contributed by atoms with Gasteiger partial charge in [0.25, 0.3) is 0 Å². The van der Waals surface area contributed by atoms with Crippen molar-refractivity contribution in [3.8, 4) is 28.7 Å². The highest BCUT2D eigenvalue weighted by Crippen LogP contribution is 2.66. The number of likely N-dealkylation sites (tertiary alicyclic amines) is 2. The second-order valence-corrected chi connectivity index (χ2v) is 14.3. The van der Waals surface area contributed by atoms with Gasteiger partial charge in [0.05, 0.1) is 7.11 Å². The van der Waals surface area contributed by atoms with Crippen LogP contribution >= 0.6 is 0 Å². The van der Waals surface area contributed by atoms with Crippen LogP contribution in [0.2, 0.25) is 0 Å². The third-order valence-electron chi connectivity index (χ3n) is 12.8. The van der Waals surface area contributed by atoms with Crippen LogP contribution in [0.4, 0.5) is 0 Å². The van der Waals surface area contributed by atoms with Gasteiger partial charge in [-0.3, -0.25) is 0 Å². The molecule has 0 amide bonds. The van der Waals surface area contributed by atoms with E-state index in [2.05, 4.69) is 48.2 Å². The van der Waals surface area contributed by atoms with Gasteiger partial charge >= 0.3 is 0 Å². The second kappa shape index (κ2) is 8.16. The summed E-state index contributed by atoms with van der Waals surface area (Å²) in [6.07, 6.45) is 10.0. The van der Waals surface area contributed by atoms with E-state index >= 15 is 0 Å². The number of hydrogen-bond acceptors (Lipinski definition) is 8. The van der Waals surface area contributed by atoms with Gasteiger partial charge in [-0.2, -0.15) is 0 Å². The summed E-state index contributed by atoms with van der Waals surface area (Å²) < 4.78 is 26.4. The highest BCUT2D eigenvalue weighted by molar-refractivity contribution is 5.69. The topological polar surface area (TPSA) is 83.9 Å². The minimum atomic E-state index is -0.670. The van der Waals surface area contributed by atoms with Gasteiger partial charge < -0.3 is 39.0 Å². The molecule has 224 valence electrons. The van der Waals surface area contributed by atoms with Gasteiger partial charge in [-0.15, -0.1) is 0 Å². The normalized spacial score (nSPS) is 42.2. The number of ether oxygens (including phenoxy) is 4. The van der Waals surface area contributed by atoms with Crippen LogP contribution in [0.15, 0.2) is 42.5 Å². The van der Waals surface area contributed by atoms with Crippen molar-refractivity contribution < 1.29 is 29.2 Å². The summed E-state index contributed by atoms with van der Waals surface area (Å²) in [7, 11) is 6.10. The van der Waals surface area contributed by atoms with Crippen LogP contribution in [0.3, 0.4) is 0 Å². The second-order valence-electron chi connectivity index (χ2n) is 14.3. The standard InChI is InChI=1S/C35H38N2O6/c1-36-12-10-34-19-5-7-23(38)32(34)42-29-25(9-4-17(27(29)34)14-21(19)36)41-26-16-18-15-22-20-6-8-24(39)33-35(20,11-13-37(22)2)28(18)31(43-33)30(26)40-3/h4-9,16,19-24,32-33,38-39H,10-15H2,1-3H3/t19-,20-,21+,22+,23-,24-,32-,33-,34-,35-/m0/s1. The molecule has 8 aliphatic rings. The Morgan fingerprint density at radius 2 is 1.35 bits per heavy atom. The van der Waals surface area contributed by atoms with E-state index in [9.17, 15) is 10.2 Å². The smallest absolute Gasteiger partial charge is 0.204 e. The molecule has 2 fully saturated rings. The predicted octanol–water partition coefficient (Wildman–Crippen LogP) is 3.10. The molecule has 4 heterocycles. The van der Waals surface area contributed by atoms with Crippen molar-refractivity contribution in [1.29, 1.82) is 0 Å². The van der Waals surface area contributed by atoms with E-state index in [4.69, 9.17) is 18.9 Å². The van der Waals surface area contributed by atoms with E-state index in [1.807, 2.05) is 18.2 Å². The van der Waals surface area contributed by atoms with Gasteiger partial charge in [-0.1, -0.05) is 30.4 Å². The molecule has 2 spiro atoms. The number of piperidine rings is 2. The first-order valence-corrected chi connectivity index (χ1v) is 15.9. The van der Waals surface area contributed by atoms with E-state index in [-0.39, 0.29) is 29.0 Å². The summed E-state index contributed by atoms with van der Waals surface area (Å²) in [5.74, 6) is 3.89. The molecule has 43 heavy (non-hydrogen) atoms. The lowest BCUT2D eigenvalue weighted by molar-refractivity contribution is -0.0454. The lowest BCUT2D eigenvalue weighted by Gasteiger charge is -2.56. The Hall–Kier alpha value is -3.04. The van der Waals surface area contributed by atoms with Gasteiger partial charge in [0.2, 0.25) is 5.75 Å². The summed E-state index contributed by atoms with van der Waals surface area (Å²) >= 11 is 0. The van der Waals surface area contributed by atoms with Crippen LogP contribution in [0.25, 0.3) is 0 Å². The van der Waals surface area contributed by atoms with Crippen LogP contribution in [0, 0.1) is 11.8 Å². The van der Waals surface area contributed by atoms with Crippen molar-refractivity contribution in [2.75, 3.05) is 34.3 Å². The van der Waals surface area contributed by atoms with Gasteiger partial charge in [-0.05, 0) is 76.1 Å². The Labute approximate surface area is 251 Å². The number of aliphatic hydroxyl groups excluding tert-OH is 2. The maximum Gasteiger partial charge on any atom is 0.204 e. The highest BCUT2D eigenvalue weighted by atomic mass is 16.6. The van der Waals surface area contributed by atoms with Crippen LogP contribution in [-0.4, -0.2) is 90.8 Å². The molecule has 2 aromatic rings. The molecule has 0 saturated carbocycles. The van der Waals surface area contributed by atoms with Gasteiger partial charge in [-0.25, -0.2) is 0 Å². The lowest BCUT2D eigenvalue weighted by atomic mass is 9.53. The number of methoxy groups -OCH3 is 1. The molecule has 2 saturated heterocycles. The lowest BCUT2D eigenvalue weighted by Crippen LogP contribution is -2.64. The largest absolute Gasteiger partial charge is 0.490 e. The first kappa shape index (κ1) is 25.3. The Kier molecular flexibility index (Phi) is 4.80. The van der Waals surface area contributed by atoms with Gasteiger partial charge in [0.1, 0.15) is 24.4 Å².